The van der Waals surface area contributed by atoms with Crippen LogP contribution in [-0.2, 0) is 6.54 Å². The predicted octanol–water partition coefficient (Wildman–Crippen LogP) is -1.03. The van der Waals surface area contributed by atoms with Gasteiger partial charge in [0.2, 0.25) is 5.89 Å². The predicted molar refractivity (Wildman–Crippen MR) is 45.3 cm³/mol. The lowest BCUT2D eigenvalue weighted by Gasteiger charge is -2.33. The van der Waals surface area contributed by atoms with Gasteiger partial charge < -0.3 is 19.7 Å². The zero-order valence-electron chi connectivity index (χ0n) is 7.40. The van der Waals surface area contributed by atoms with Crippen molar-refractivity contribution < 1.29 is 9.52 Å². The number of hydrogen-bond donors (Lipinski definition) is 2. The Morgan fingerprint density at radius 1 is 1.62 bits per heavy atom. The van der Waals surface area contributed by atoms with Crippen molar-refractivity contribution in [3.05, 3.63) is 5.89 Å². The van der Waals surface area contributed by atoms with Gasteiger partial charge in [0.05, 0.1) is 25.7 Å². The Morgan fingerprint density at radius 2 is 2.38 bits per heavy atom. The summed E-state index contributed by atoms with van der Waals surface area (Å²) in [5.74, 6) is 0.568. The third-order valence-electron chi connectivity index (χ3n) is 1.92. The van der Waals surface area contributed by atoms with Gasteiger partial charge in [0.25, 0.3) is 0 Å². The summed E-state index contributed by atoms with van der Waals surface area (Å²) in [5, 5.41) is 19.6. The van der Waals surface area contributed by atoms with Crippen molar-refractivity contribution in [1.29, 1.82) is 0 Å². The molecule has 0 atom stereocenters. The number of aliphatic hydroxyl groups is 1. The molecule has 0 saturated carbocycles. The lowest BCUT2D eigenvalue weighted by molar-refractivity contribution is 0.136. The molecule has 1 saturated heterocycles. The number of aliphatic hydroxyl groups excluding tert-OH is 1. The number of hydrogen-bond acceptors (Lipinski definition) is 6. The van der Waals surface area contributed by atoms with Crippen LogP contribution in [0.5, 0.6) is 0 Å². The fourth-order valence-corrected chi connectivity index (χ4v) is 1.21. The van der Waals surface area contributed by atoms with E-state index in [1.807, 2.05) is 11.9 Å². The summed E-state index contributed by atoms with van der Waals surface area (Å²) in [7, 11) is 1.82. The van der Waals surface area contributed by atoms with E-state index in [0.29, 0.717) is 31.5 Å². The van der Waals surface area contributed by atoms with E-state index in [1.165, 1.54) is 0 Å². The van der Waals surface area contributed by atoms with E-state index >= 15 is 0 Å². The van der Waals surface area contributed by atoms with Gasteiger partial charge in [-0.3, -0.25) is 0 Å². The van der Waals surface area contributed by atoms with Crippen molar-refractivity contribution >= 4 is 6.01 Å². The van der Waals surface area contributed by atoms with Gasteiger partial charge in [-0.15, -0.1) is 5.10 Å². The van der Waals surface area contributed by atoms with Crippen molar-refractivity contribution in [3.63, 3.8) is 0 Å². The van der Waals surface area contributed by atoms with Crippen LogP contribution in [0, 0.1) is 0 Å². The van der Waals surface area contributed by atoms with Gasteiger partial charge in [-0.05, 0) is 7.05 Å². The highest BCUT2D eigenvalue weighted by Crippen LogP contribution is 2.18. The number of anilines is 1. The van der Waals surface area contributed by atoms with Crippen LogP contribution < -0.4 is 10.2 Å². The van der Waals surface area contributed by atoms with E-state index in [0.717, 1.165) is 0 Å². The SMILES string of the molecule is CNCc1nnc(N2CC(O)C2)o1. The van der Waals surface area contributed by atoms with E-state index < -0.39 is 0 Å². The molecule has 1 aromatic rings. The highest BCUT2D eigenvalue weighted by molar-refractivity contribution is 5.29. The van der Waals surface area contributed by atoms with Gasteiger partial charge in [-0.2, -0.15) is 0 Å². The lowest BCUT2D eigenvalue weighted by atomic mass is 10.2. The Bertz CT molecular complexity index is 282. The van der Waals surface area contributed by atoms with Crippen LogP contribution in [-0.4, -0.2) is 41.5 Å². The fraction of sp³-hybridized carbons (Fsp3) is 0.714. The maximum atomic E-state index is 9.05. The number of β-amino-alcohol motifs (C(OH)–C–C–N with tert-alkyl or cyclic N) is 1. The largest absolute Gasteiger partial charge is 0.407 e. The minimum Gasteiger partial charge on any atom is -0.407 e. The number of nitrogens with one attached hydrogen (secondary N) is 1. The highest BCUT2D eigenvalue weighted by Gasteiger charge is 2.28. The molecule has 0 amide bonds. The Hall–Kier alpha value is -1.14. The van der Waals surface area contributed by atoms with Crippen molar-refractivity contribution in [2.75, 3.05) is 25.0 Å². The molecule has 13 heavy (non-hydrogen) atoms. The molecular formula is C7H12N4O2. The second kappa shape index (κ2) is 3.31. The van der Waals surface area contributed by atoms with Crippen LogP contribution in [0.1, 0.15) is 5.89 Å². The number of nitrogens with zero attached hydrogens (tertiary/aromatic N) is 3. The summed E-state index contributed by atoms with van der Waals surface area (Å²) in [6.45, 7) is 1.74. The first-order valence-corrected chi connectivity index (χ1v) is 4.19. The van der Waals surface area contributed by atoms with Crippen molar-refractivity contribution in [1.82, 2.24) is 15.5 Å². The minimum atomic E-state index is -0.250. The van der Waals surface area contributed by atoms with Crippen LogP contribution >= 0.6 is 0 Å². The molecule has 6 heteroatoms. The van der Waals surface area contributed by atoms with Crippen molar-refractivity contribution in [3.8, 4) is 0 Å². The normalized spacial score (nSPS) is 17.5. The first-order chi connectivity index (χ1) is 6.29. The maximum absolute atomic E-state index is 9.05. The molecule has 1 aliphatic heterocycles. The minimum absolute atomic E-state index is 0.250. The molecule has 6 nitrogen and oxygen atoms in total. The molecule has 0 unspecified atom stereocenters. The van der Waals surface area contributed by atoms with Gasteiger partial charge in [0.1, 0.15) is 0 Å². The summed E-state index contributed by atoms with van der Waals surface area (Å²) in [5.41, 5.74) is 0. The quantitative estimate of drug-likeness (QED) is 0.625. The molecule has 2 rings (SSSR count). The zero-order chi connectivity index (χ0) is 9.26. The van der Waals surface area contributed by atoms with Gasteiger partial charge in [-0.25, -0.2) is 0 Å². The summed E-state index contributed by atoms with van der Waals surface area (Å²) in [6.07, 6.45) is -0.250. The van der Waals surface area contributed by atoms with E-state index in [2.05, 4.69) is 15.5 Å². The van der Waals surface area contributed by atoms with Gasteiger partial charge in [-0.1, -0.05) is 5.10 Å². The molecule has 0 aromatic carbocycles. The van der Waals surface area contributed by atoms with Crippen LogP contribution in [0.15, 0.2) is 4.42 Å². The summed E-state index contributed by atoms with van der Waals surface area (Å²) < 4.78 is 5.31. The molecule has 0 bridgehead atoms. The monoisotopic (exact) mass is 184 g/mol. The zero-order valence-corrected chi connectivity index (χ0v) is 7.40. The standard InChI is InChI=1S/C7H12N4O2/c1-8-2-6-9-10-7(13-6)11-3-5(12)4-11/h5,8,12H,2-4H2,1H3. The Balaban J connectivity index is 1.97. The van der Waals surface area contributed by atoms with Crippen LogP contribution in [0.4, 0.5) is 6.01 Å². The molecule has 0 radical (unpaired) electrons. The summed E-state index contributed by atoms with van der Waals surface area (Å²) >= 11 is 0. The van der Waals surface area contributed by atoms with Crippen molar-refractivity contribution in [2.45, 2.75) is 12.6 Å². The van der Waals surface area contributed by atoms with E-state index in [9.17, 15) is 0 Å². The van der Waals surface area contributed by atoms with E-state index in [1.54, 1.807) is 0 Å². The Labute approximate surface area is 75.6 Å². The number of aromatic nitrogens is 2. The van der Waals surface area contributed by atoms with Crippen LogP contribution in [0.2, 0.25) is 0 Å². The second-order valence-electron chi connectivity index (χ2n) is 3.07. The molecule has 1 fully saturated rings. The van der Waals surface area contributed by atoms with Gasteiger partial charge in [0, 0.05) is 0 Å². The first-order valence-electron chi connectivity index (χ1n) is 4.19. The smallest absolute Gasteiger partial charge is 0.318 e. The van der Waals surface area contributed by atoms with Crippen molar-refractivity contribution in [2.24, 2.45) is 0 Å². The van der Waals surface area contributed by atoms with Gasteiger partial charge in [0.15, 0.2) is 0 Å². The molecule has 72 valence electrons. The third kappa shape index (κ3) is 1.63. The maximum Gasteiger partial charge on any atom is 0.318 e. The molecule has 1 aromatic heterocycles. The third-order valence-corrected chi connectivity index (χ3v) is 1.92. The number of rotatable bonds is 3. The van der Waals surface area contributed by atoms with E-state index in [4.69, 9.17) is 9.52 Å². The summed E-state index contributed by atoms with van der Waals surface area (Å²) in [6, 6.07) is 0.496. The molecular weight excluding hydrogens is 172 g/mol. The summed E-state index contributed by atoms with van der Waals surface area (Å²) in [4.78, 5) is 1.84. The average molecular weight is 184 g/mol. The first kappa shape index (κ1) is 8.46. The second-order valence-corrected chi connectivity index (χ2v) is 3.07. The average Bonchev–Trinajstić information content (AvgIpc) is 2.48. The highest BCUT2D eigenvalue weighted by atomic mass is 16.4. The fourth-order valence-electron chi connectivity index (χ4n) is 1.21. The Kier molecular flexibility index (Phi) is 2.15. The van der Waals surface area contributed by atoms with E-state index in [-0.39, 0.29) is 6.10 Å². The molecule has 2 N–H and O–H groups in total. The molecule has 2 heterocycles. The molecule has 0 aliphatic carbocycles. The van der Waals surface area contributed by atoms with Crippen LogP contribution in [0.3, 0.4) is 0 Å². The van der Waals surface area contributed by atoms with Crippen LogP contribution in [0.25, 0.3) is 0 Å². The lowest BCUT2D eigenvalue weighted by Crippen LogP contribution is -2.51. The Morgan fingerprint density at radius 3 is 3.00 bits per heavy atom. The molecule has 1 aliphatic rings. The molecule has 0 spiro atoms. The van der Waals surface area contributed by atoms with Gasteiger partial charge >= 0.3 is 6.01 Å². The topological polar surface area (TPSA) is 74.4 Å².